The fraction of sp³-hybridized carbons (Fsp3) is 1.00. The maximum atomic E-state index is 10.8. The van der Waals surface area contributed by atoms with Crippen LogP contribution in [0.25, 0.3) is 0 Å². The molecule has 0 bridgehead atoms. The van der Waals surface area contributed by atoms with E-state index >= 15 is 0 Å². The highest BCUT2D eigenvalue weighted by Crippen LogP contribution is 2.33. The van der Waals surface area contributed by atoms with Gasteiger partial charge in [-0.2, -0.15) is 0 Å². The van der Waals surface area contributed by atoms with E-state index in [1.807, 2.05) is 0 Å². The summed E-state index contributed by atoms with van der Waals surface area (Å²) in [6.45, 7) is -0.222. The zero-order chi connectivity index (χ0) is 27.4. The largest absolute Gasteiger partial charge is 0.394 e. The van der Waals surface area contributed by atoms with Crippen LogP contribution in [-0.4, -0.2) is 170 Å². The topological polar surface area (TPSA) is 258 Å². The Labute approximate surface area is 212 Å². The molecule has 3 saturated heterocycles. The van der Waals surface area contributed by atoms with Crippen molar-refractivity contribution in [1.29, 1.82) is 0 Å². The number of rotatable bonds is 10. The molecule has 0 aromatic carbocycles. The van der Waals surface area contributed by atoms with Crippen molar-refractivity contribution >= 4 is 0 Å². The molecule has 3 heterocycles. The minimum Gasteiger partial charge on any atom is -0.394 e. The molecule has 37 heavy (non-hydrogen) atoms. The highest BCUT2D eigenvalue weighted by molar-refractivity contribution is 4.96. The van der Waals surface area contributed by atoms with Crippen molar-refractivity contribution in [3.8, 4) is 0 Å². The number of aliphatic hydroxyl groups is 10. The Bertz CT molecular complexity index is 685. The molecule has 0 spiro atoms. The minimum absolute atomic E-state index is 0.141. The van der Waals surface area contributed by atoms with E-state index < -0.39 is 112 Å². The summed E-state index contributed by atoms with van der Waals surface area (Å²) in [6.07, 6.45) is -23.6. The second kappa shape index (κ2) is 13.6. The van der Waals surface area contributed by atoms with Crippen molar-refractivity contribution in [2.75, 3.05) is 26.4 Å². The van der Waals surface area contributed by atoms with E-state index in [0.29, 0.717) is 6.42 Å². The van der Waals surface area contributed by atoms with Crippen molar-refractivity contribution in [1.82, 2.24) is 0 Å². The van der Waals surface area contributed by atoms with Crippen molar-refractivity contribution in [2.24, 2.45) is 0 Å². The van der Waals surface area contributed by atoms with Gasteiger partial charge >= 0.3 is 0 Å². The number of hydrogen-bond donors (Lipinski definition) is 10. The molecule has 3 fully saturated rings. The first-order valence-electron chi connectivity index (χ1n) is 12.1. The van der Waals surface area contributed by atoms with Gasteiger partial charge in [0.1, 0.15) is 73.2 Å². The molecule has 3 aliphatic rings. The Hall–Kier alpha value is -0.640. The molecule has 10 N–H and O–H groups in total. The smallest absolute Gasteiger partial charge is 0.187 e. The molecular formula is C21H38O16. The van der Waals surface area contributed by atoms with Crippen LogP contribution in [0.1, 0.15) is 13.3 Å². The van der Waals surface area contributed by atoms with E-state index in [0.717, 1.165) is 0 Å². The summed E-state index contributed by atoms with van der Waals surface area (Å²) in [6, 6.07) is 0. The minimum atomic E-state index is -1.87. The van der Waals surface area contributed by atoms with E-state index in [9.17, 15) is 51.1 Å². The van der Waals surface area contributed by atoms with Gasteiger partial charge < -0.3 is 79.5 Å². The Morgan fingerprint density at radius 3 is 1.41 bits per heavy atom. The van der Waals surface area contributed by atoms with E-state index in [1.54, 1.807) is 6.92 Å². The van der Waals surface area contributed by atoms with Crippen molar-refractivity contribution < 1.29 is 79.5 Å². The Kier molecular flexibility index (Phi) is 11.4. The molecule has 16 heteroatoms. The monoisotopic (exact) mass is 546 g/mol. The van der Waals surface area contributed by atoms with Gasteiger partial charge in [-0.1, -0.05) is 6.92 Å². The van der Waals surface area contributed by atoms with Gasteiger partial charge in [0.15, 0.2) is 18.9 Å². The van der Waals surface area contributed by atoms with Gasteiger partial charge in [0.25, 0.3) is 0 Å². The van der Waals surface area contributed by atoms with Crippen molar-refractivity contribution in [3.63, 3.8) is 0 Å². The van der Waals surface area contributed by atoms with E-state index in [1.165, 1.54) is 0 Å². The van der Waals surface area contributed by atoms with E-state index in [2.05, 4.69) is 0 Å². The van der Waals surface area contributed by atoms with Crippen LogP contribution in [0.5, 0.6) is 0 Å². The van der Waals surface area contributed by atoms with Crippen molar-refractivity contribution in [2.45, 2.75) is 105 Å². The summed E-state index contributed by atoms with van der Waals surface area (Å²) in [7, 11) is 0. The maximum Gasteiger partial charge on any atom is 0.187 e. The zero-order valence-electron chi connectivity index (χ0n) is 20.1. The third kappa shape index (κ3) is 6.58. The molecule has 218 valence electrons. The van der Waals surface area contributed by atoms with Crippen LogP contribution < -0.4 is 0 Å². The number of ether oxygens (including phenoxy) is 6. The van der Waals surface area contributed by atoms with Gasteiger partial charge in [0.2, 0.25) is 0 Å². The lowest BCUT2D eigenvalue weighted by molar-refractivity contribution is -0.393. The third-order valence-electron chi connectivity index (χ3n) is 6.57. The number of hydrogen-bond acceptors (Lipinski definition) is 16. The quantitative estimate of drug-likeness (QED) is 0.122. The normalized spacial score (nSPS) is 49.2. The van der Waals surface area contributed by atoms with Crippen LogP contribution in [-0.2, 0) is 28.4 Å². The van der Waals surface area contributed by atoms with Crippen LogP contribution in [0.2, 0.25) is 0 Å². The zero-order valence-corrected chi connectivity index (χ0v) is 20.1. The van der Waals surface area contributed by atoms with Crippen LogP contribution in [0.3, 0.4) is 0 Å². The first-order chi connectivity index (χ1) is 17.6. The summed E-state index contributed by atoms with van der Waals surface area (Å²) < 4.78 is 33.3. The second-order valence-electron chi connectivity index (χ2n) is 9.18. The first-order valence-corrected chi connectivity index (χ1v) is 12.1. The molecule has 16 nitrogen and oxygen atoms in total. The predicted molar refractivity (Wildman–Crippen MR) is 115 cm³/mol. The lowest BCUT2D eigenvalue weighted by Gasteiger charge is -2.48. The Morgan fingerprint density at radius 2 is 0.919 bits per heavy atom. The predicted octanol–water partition coefficient (Wildman–Crippen LogP) is -6.14. The number of aliphatic hydroxyl groups excluding tert-OH is 10. The first kappa shape index (κ1) is 30.9. The molecule has 0 amide bonds. The molecule has 0 aliphatic carbocycles. The summed E-state index contributed by atoms with van der Waals surface area (Å²) in [5.74, 6) is 0. The van der Waals surface area contributed by atoms with E-state index in [-0.39, 0.29) is 6.61 Å². The van der Waals surface area contributed by atoms with Gasteiger partial charge in [0, 0.05) is 6.61 Å². The average Bonchev–Trinajstić information content (AvgIpc) is 2.90. The fourth-order valence-electron chi connectivity index (χ4n) is 4.37. The Morgan fingerprint density at radius 1 is 0.514 bits per heavy atom. The molecule has 0 aromatic rings. The van der Waals surface area contributed by atoms with Gasteiger partial charge in [-0.25, -0.2) is 0 Å². The van der Waals surface area contributed by atoms with Gasteiger partial charge in [-0.05, 0) is 6.42 Å². The summed E-state index contributed by atoms with van der Waals surface area (Å²) in [5.41, 5.74) is 0. The lowest BCUT2D eigenvalue weighted by atomic mass is 9.96. The summed E-state index contributed by atoms with van der Waals surface area (Å²) in [4.78, 5) is 0. The maximum absolute atomic E-state index is 10.8. The van der Waals surface area contributed by atoms with E-state index in [4.69, 9.17) is 28.4 Å². The Balaban J connectivity index is 1.86. The van der Waals surface area contributed by atoms with Crippen molar-refractivity contribution in [3.05, 3.63) is 0 Å². The molecule has 3 rings (SSSR count). The van der Waals surface area contributed by atoms with Crippen LogP contribution in [0, 0.1) is 0 Å². The molecule has 15 atom stereocenters. The molecule has 0 radical (unpaired) electrons. The highest BCUT2D eigenvalue weighted by atomic mass is 16.8. The summed E-state index contributed by atoms with van der Waals surface area (Å²) in [5, 5.41) is 101. The molecular weight excluding hydrogens is 508 g/mol. The standard InChI is InChI=1S/C21H38O16/c1-2-3-32-20-17(14(29)11(26)8(5-23)34-20)37-21-18(15(30)12(27)9(6-24)35-21)36-19-16(31)13(28)10(25)7(4-22)33-19/h7-31H,2-6H2,1H3/t7-,8+,9+,10-,11+,12-,13-,14-,15-,16+,17+,18-,19+,20+,21-/m0/s1. The van der Waals surface area contributed by atoms with Gasteiger partial charge in [0.05, 0.1) is 19.8 Å². The van der Waals surface area contributed by atoms with Gasteiger partial charge in [-0.3, -0.25) is 0 Å². The SMILES string of the molecule is CCCO[C@@H]1O[C@H](CO)[C@@H](O)[C@H](O)[C@H]1O[C@@H]1O[C@H](CO)[C@H](O)[C@H](O)[C@@H]1O[C@H]1O[C@@H](CO)[C@H](O)[C@H](O)[C@H]1O. The third-order valence-corrected chi connectivity index (χ3v) is 6.57. The summed E-state index contributed by atoms with van der Waals surface area (Å²) >= 11 is 0. The molecule has 0 unspecified atom stereocenters. The molecule has 3 aliphatic heterocycles. The van der Waals surface area contributed by atoms with Crippen LogP contribution in [0.4, 0.5) is 0 Å². The van der Waals surface area contributed by atoms with Gasteiger partial charge in [-0.15, -0.1) is 0 Å². The highest BCUT2D eigenvalue weighted by Gasteiger charge is 2.54. The second-order valence-corrected chi connectivity index (χ2v) is 9.18. The van der Waals surface area contributed by atoms with Crippen LogP contribution >= 0.6 is 0 Å². The average molecular weight is 547 g/mol. The lowest BCUT2D eigenvalue weighted by Crippen LogP contribution is -2.67. The molecule has 0 aromatic heterocycles. The molecule has 0 saturated carbocycles. The van der Waals surface area contributed by atoms with Crippen LogP contribution in [0.15, 0.2) is 0 Å². The fourth-order valence-corrected chi connectivity index (χ4v) is 4.37.